The Balaban J connectivity index is 2.57. The highest BCUT2D eigenvalue weighted by Gasteiger charge is 2.35. The molecule has 0 aromatic rings. The predicted molar refractivity (Wildman–Crippen MR) is 34.6 cm³/mol. The van der Waals surface area contributed by atoms with E-state index in [4.69, 9.17) is 5.11 Å². The van der Waals surface area contributed by atoms with Gasteiger partial charge in [-0.3, -0.25) is 4.79 Å². The maximum atomic E-state index is 10.3. The van der Waals surface area contributed by atoms with E-state index in [2.05, 4.69) is 5.32 Å². The van der Waals surface area contributed by atoms with Crippen LogP contribution in [0.2, 0.25) is 0 Å². The Labute approximate surface area is 58.9 Å². The van der Waals surface area contributed by atoms with Gasteiger partial charge in [-0.15, -0.1) is 0 Å². The molecule has 3 atom stereocenters. The zero-order chi connectivity index (χ0) is 7.72. The van der Waals surface area contributed by atoms with Crippen molar-refractivity contribution in [3.05, 3.63) is 0 Å². The van der Waals surface area contributed by atoms with Gasteiger partial charge in [0.15, 0.2) is 0 Å². The van der Waals surface area contributed by atoms with Crippen LogP contribution in [0.1, 0.15) is 6.92 Å². The Hall–Kier alpha value is -0.610. The molecule has 1 aliphatic rings. The molecule has 58 valence electrons. The van der Waals surface area contributed by atoms with E-state index < -0.39 is 18.1 Å². The van der Waals surface area contributed by atoms with Gasteiger partial charge in [0, 0.05) is 6.54 Å². The molecule has 0 aromatic heterocycles. The average molecular weight is 145 g/mol. The van der Waals surface area contributed by atoms with Crippen LogP contribution < -0.4 is 5.32 Å². The summed E-state index contributed by atoms with van der Waals surface area (Å²) in [6.07, 6.45) is -0.738. The summed E-state index contributed by atoms with van der Waals surface area (Å²) in [4.78, 5) is 10.3. The molecule has 10 heavy (non-hydrogen) atoms. The monoisotopic (exact) mass is 145 g/mol. The van der Waals surface area contributed by atoms with Crippen LogP contribution in [0.3, 0.4) is 0 Å². The highest BCUT2D eigenvalue weighted by molar-refractivity contribution is 5.74. The van der Waals surface area contributed by atoms with Gasteiger partial charge in [0.05, 0.1) is 6.10 Å². The largest absolute Gasteiger partial charge is 0.480 e. The fourth-order valence-electron chi connectivity index (χ4n) is 1.12. The summed E-state index contributed by atoms with van der Waals surface area (Å²) in [5, 5.41) is 20.4. The first-order valence-electron chi connectivity index (χ1n) is 3.27. The molecule has 1 saturated heterocycles. The van der Waals surface area contributed by atoms with Gasteiger partial charge in [-0.25, -0.2) is 0 Å². The molecule has 0 spiro atoms. The normalized spacial score (nSPS) is 40.0. The molecule has 1 rings (SSSR count). The molecule has 1 fully saturated rings. The Morgan fingerprint density at radius 2 is 2.30 bits per heavy atom. The Kier molecular flexibility index (Phi) is 1.92. The third-order valence-corrected chi connectivity index (χ3v) is 1.85. The van der Waals surface area contributed by atoms with Gasteiger partial charge in [-0.1, -0.05) is 6.92 Å². The van der Waals surface area contributed by atoms with Crippen molar-refractivity contribution in [2.75, 3.05) is 6.54 Å². The maximum absolute atomic E-state index is 10.3. The fraction of sp³-hybridized carbons (Fsp3) is 0.833. The number of rotatable bonds is 1. The average Bonchev–Trinajstić information content (AvgIpc) is 2.14. The van der Waals surface area contributed by atoms with E-state index in [1.165, 1.54) is 0 Å². The van der Waals surface area contributed by atoms with Gasteiger partial charge >= 0.3 is 5.97 Å². The van der Waals surface area contributed by atoms with E-state index in [0.717, 1.165) is 0 Å². The van der Waals surface area contributed by atoms with Crippen molar-refractivity contribution in [1.29, 1.82) is 0 Å². The maximum Gasteiger partial charge on any atom is 0.323 e. The molecule has 0 amide bonds. The summed E-state index contributed by atoms with van der Waals surface area (Å²) in [6, 6.07) is -0.769. The number of carboxylic acid groups (broad SMARTS) is 1. The lowest BCUT2D eigenvalue weighted by Gasteiger charge is -2.10. The molecule has 1 heterocycles. The second-order valence-corrected chi connectivity index (χ2v) is 2.69. The van der Waals surface area contributed by atoms with E-state index in [1.807, 2.05) is 6.92 Å². The minimum atomic E-state index is -0.975. The van der Waals surface area contributed by atoms with E-state index in [9.17, 15) is 9.90 Å². The molecule has 0 unspecified atom stereocenters. The first-order valence-corrected chi connectivity index (χ1v) is 3.27. The number of aliphatic hydroxyl groups excluding tert-OH is 1. The lowest BCUT2D eigenvalue weighted by atomic mass is 10.0. The topological polar surface area (TPSA) is 69.6 Å². The van der Waals surface area contributed by atoms with Crippen molar-refractivity contribution < 1.29 is 15.0 Å². The van der Waals surface area contributed by atoms with Crippen LogP contribution in [0.15, 0.2) is 0 Å². The second kappa shape index (κ2) is 2.56. The van der Waals surface area contributed by atoms with Gasteiger partial charge < -0.3 is 15.5 Å². The van der Waals surface area contributed by atoms with Crippen LogP contribution in [0.5, 0.6) is 0 Å². The molecule has 4 heteroatoms. The van der Waals surface area contributed by atoms with Crippen molar-refractivity contribution in [3.8, 4) is 0 Å². The number of hydrogen-bond donors (Lipinski definition) is 3. The van der Waals surface area contributed by atoms with Gasteiger partial charge in [-0.05, 0) is 5.92 Å². The molecule has 0 radical (unpaired) electrons. The first kappa shape index (κ1) is 7.50. The molecule has 4 nitrogen and oxygen atoms in total. The molecule has 0 bridgehead atoms. The van der Waals surface area contributed by atoms with E-state index in [0.29, 0.717) is 6.54 Å². The standard InChI is InChI=1S/C6H11NO3/c1-3-2-7-4(5(3)8)6(9)10/h3-5,7-8H,2H2,1H3,(H,9,10)/t3-,4-,5-/m1/s1. The van der Waals surface area contributed by atoms with Crippen LogP contribution in [-0.2, 0) is 4.79 Å². The quantitative estimate of drug-likeness (QED) is 0.444. The lowest BCUT2D eigenvalue weighted by molar-refractivity contribution is -0.141. The van der Waals surface area contributed by atoms with Crippen LogP contribution >= 0.6 is 0 Å². The molecule has 0 aromatic carbocycles. The minimum Gasteiger partial charge on any atom is -0.480 e. The molecule has 0 aliphatic carbocycles. The Morgan fingerprint density at radius 1 is 1.70 bits per heavy atom. The minimum absolute atomic E-state index is 0.0427. The Morgan fingerprint density at radius 3 is 2.50 bits per heavy atom. The van der Waals surface area contributed by atoms with Crippen molar-refractivity contribution in [3.63, 3.8) is 0 Å². The highest BCUT2D eigenvalue weighted by Crippen LogP contribution is 2.13. The van der Waals surface area contributed by atoms with Crippen LogP contribution in [0.25, 0.3) is 0 Å². The van der Waals surface area contributed by atoms with Crippen LogP contribution in [-0.4, -0.2) is 34.9 Å². The summed E-state index contributed by atoms with van der Waals surface area (Å²) in [5.41, 5.74) is 0. The van der Waals surface area contributed by atoms with E-state index in [-0.39, 0.29) is 5.92 Å². The zero-order valence-electron chi connectivity index (χ0n) is 5.74. The van der Waals surface area contributed by atoms with Crippen molar-refractivity contribution >= 4 is 5.97 Å². The summed E-state index contributed by atoms with van der Waals surface area (Å²) in [6.45, 7) is 2.40. The lowest BCUT2D eigenvalue weighted by Crippen LogP contribution is -2.38. The molecule has 1 aliphatic heterocycles. The number of nitrogens with one attached hydrogen (secondary N) is 1. The third kappa shape index (κ3) is 1.12. The van der Waals surface area contributed by atoms with Crippen molar-refractivity contribution in [2.24, 2.45) is 5.92 Å². The van der Waals surface area contributed by atoms with Crippen LogP contribution in [0, 0.1) is 5.92 Å². The second-order valence-electron chi connectivity index (χ2n) is 2.69. The van der Waals surface area contributed by atoms with Crippen molar-refractivity contribution in [1.82, 2.24) is 5.32 Å². The smallest absolute Gasteiger partial charge is 0.323 e. The molecular formula is C6H11NO3. The van der Waals surface area contributed by atoms with Gasteiger partial charge in [0.1, 0.15) is 6.04 Å². The highest BCUT2D eigenvalue weighted by atomic mass is 16.4. The number of hydrogen-bond acceptors (Lipinski definition) is 3. The number of carbonyl (C=O) groups is 1. The van der Waals surface area contributed by atoms with Gasteiger partial charge in [0.2, 0.25) is 0 Å². The molecule has 3 N–H and O–H groups in total. The van der Waals surface area contributed by atoms with Crippen LogP contribution in [0.4, 0.5) is 0 Å². The van der Waals surface area contributed by atoms with Gasteiger partial charge in [0.25, 0.3) is 0 Å². The summed E-state index contributed by atoms with van der Waals surface area (Å²) < 4.78 is 0. The first-order chi connectivity index (χ1) is 4.63. The number of carboxylic acids is 1. The Bertz CT molecular complexity index is 148. The predicted octanol–water partition coefficient (Wildman–Crippen LogP) is -0.960. The number of aliphatic carboxylic acids is 1. The van der Waals surface area contributed by atoms with E-state index in [1.54, 1.807) is 0 Å². The molecule has 0 saturated carbocycles. The molecular weight excluding hydrogens is 134 g/mol. The SMILES string of the molecule is C[C@@H]1CN[C@@H](C(=O)O)[C@@H]1O. The summed E-state index contributed by atoms with van der Waals surface area (Å²) >= 11 is 0. The van der Waals surface area contributed by atoms with Crippen molar-refractivity contribution in [2.45, 2.75) is 19.1 Å². The van der Waals surface area contributed by atoms with E-state index >= 15 is 0 Å². The summed E-state index contributed by atoms with van der Waals surface area (Å²) in [7, 11) is 0. The fourth-order valence-corrected chi connectivity index (χ4v) is 1.12. The number of aliphatic hydroxyl groups is 1. The zero-order valence-corrected chi connectivity index (χ0v) is 5.74. The summed E-state index contributed by atoms with van der Waals surface area (Å²) in [5.74, 6) is -0.932. The third-order valence-electron chi connectivity index (χ3n) is 1.85. The van der Waals surface area contributed by atoms with Gasteiger partial charge in [-0.2, -0.15) is 0 Å².